The zero-order valence-corrected chi connectivity index (χ0v) is 19.4. The molecule has 0 N–H and O–H groups in total. The first-order valence-electron chi connectivity index (χ1n) is 10.6. The number of thioether (sulfide) groups is 1. The second-order valence-corrected chi connectivity index (χ2v) is 8.76. The fourth-order valence-electron chi connectivity index (χ4n) is 3.50. The Morgan fingerprint density at radius 3 is 2.09 bits per heavy atom. The molecule has 0 amide bonds. The van der Waals surface area contributed by atoms with Gasteiger partial charge in [0.1, 0.15) is 11.6 Å². The summed E-state index contributed by atoms with van der Waals surface area (Å²) in [5.41, 5.74) is 4.08. The molecule has 3 aromatic carbocycles. The summed E-state index contributed by atoms with van der Waals surface area (Å²) in [7, 11) is 3.94. The van der Waals surface area contributed by atoms with E-state index in [-0.39, 0.29) is 11.1 Å². The third-order valence-electron chi connectivity index (χ3n) is 5.30. The van der Waals surface area contributed by atoms with Gasteiger partial charge in [0.05, 0.1) is 12.2 Å². The summed E-state index contributed by atoms with van der Waals surface area (Å²) >= 11 is 1.50. The molecule has 4 aromatic rings. The van der Waals surface area contributed by atoms with Crippen molar-refractivity contribution >= 4 is 17.4 Å². The van der Waals surface area contributed by atoms with Gasteiger partial charge in [0.25, 0.3) is 5.56 Å². The Balaban J connectivity index is 1.81. The summed E-state index contributed by atoms with van der Waals surface area (Å²) in [6.45, 7) is 0.359. The van der Waals surface area contributed by atoms with Gasteiger partial charge >= 0.3 is 0 Å². The molecule has 164 valence electrons. The average molecular weight is 453 g/mol. The first kappa shape index (κ1) is 22.4. The zero-order chi connectivity index (χ0) is 23.2. The predicted octanol–water partition coefficient (Wildman–Crippen LogP) is 5.19. The van der Waals surface area contributed by atoms with E-state index >= 15 is 0 Å². The van der Waals surface area contributed by atoms with Crippen LogP contribution in [0.1, 0.15) is 16.7 Å². The van der Waals surface area contributed by atoms with E-state index in [0.717, 1.165) is 22.4 Å². The highest BCUT2D eigenvalue weighted by Gasteiger charge is 2.19. The molecule has 4 rings (SSSR count). The number of hydrogen-bond donors (Lipinski definition) is 0. The number of aromatic nitrogens is 2. The van der Waals surface area contributed by atoms with Crippen LogP contribution in [0.3, 0.4) is 0 Å². The molecule has 0 radical (unpaired) electrons. The van der Waals surface area contributed by atoms with Crippen LogP contribution in [0.5, 0.6) is 0 Å². The molecule has 0 aliphatic rings. The predicted molar refractivity (Wildman–Crippen MR) is 135 cm³/mol. The third-order valence-corrected chi connectivity index (χ3v) is 6.34. The molecule has 1 heterocycles. The van der Waals surface area contributed by atoms with Crippen molar-refractivity contribution in [1.82, 2.24) is 9.55 Å². The molecule has 0 saturated heterocycles. The molecule has 0 spiro atoms. The second-order valence-electron chi connectivity index (χ2n) is 7.82. The molecule has 0 aliphatic carbocycles. The minimum absolute atomic E-state index is 0.0626. The number of anilines is 1. The van der Waals surface area contributed by atoms with Gasteiger partial charge in [-0.15, -0.1) is 0 Å². The lowest BCUT2D eigenvalue weighted by Gasteiger charge is -2.16. The lowest BCUT2D eigenvalue weighted by Crippen LogP contribution is -2.27. The molecule has 1 aromatic heterocycles. The lowest BCUT2D eigenvalue weighted by atomic mass is 10.1. The molecule has 0 unspecified atom stereocenters. The zero-order valence-electron chi connectivity index (χ0n) is 18.6. The van der Waals surface area contributed by atoms with Crippen LogP contribution in [-0.2, 0) is 12.3 Å². The Bertz CT molecular complexity index is 1330. The Morgan fingerprint density at radius 1 is 0.909 bits per heavy atom. The summed E-state index contributed by atoms with van der Waals surface area (Å²) in [5.74, 6) is 0.674. The Labute approximate surface area is 198 Å². The van der Waals surface area contributed by atoms with Crippen LogP contribution < -0.4 is 10.5 Å². The van der Waals surface area contributed by atoms with Gasteiger partial charge in [-0.1, -0.05) is 84.6 Å². The van der Waals surface area contributed by atoms with Gasteiger partial charge in [-0.05, 0) is 23.3 Å². The van der Waals surface area contributed by atoms with Crippen LogP contribution >= 0.6 is 11.8 Å². The fourth-order valence-corrected chi connectivity index (χ4v) is 4.45. The number of benzene rings is 3. The Kier molecular flexibility index (Phi) is 6.92. The maximum Gasteiger partial charge on any atom is 0.273 e. The Morgan fingerprint density at radius 2 is 1.52 bits per heavy atom. The standard InChI is InChI=1S/C27H24N4OS/c1-30(2)23-15-13-22(14-16-23)25-24(17-28)26(32)31(18-20-9-5-3-6-10-20)27(29-25)33-19-21-11-7-4-8-12-21/h3-16H,18-19H2,1-2H3. The van der Waals surface area contributed by atoms with E-state index in [1.165, 1.54) is 11.8 Å². The van der Waals surface area contributed by atoms with Crippen molar-refractivity contribution in [3.05, 3.63) is 112 Å². The number of nitriles is 1. The van der Waals surface area contributed by atoms with E-state index in [2.05, 4.69) is 18.2 Å². The van der Waals surface area contributed by atoms with Crippen molar-refractivity contribution in [1.29, 1.82) is 5.26 Å². The van der Waals surface area contributed by atoms with Crippen molar-refractivity contribution in [3.63, 3.8) is 0 Å². The maximum atomic E-state index is 13.5. The molecular weight excluding hydrogens is 428 g/mol. The van der Waals surface area contributed by atoms with Crippen molar-refractivity contribution in [3.8, 4) is 17.3 Å². The van der Waals surface area contributed by atoms with E-state index in [4.69, 9.17) is 4.98 Å². The lowest BCUT2D eigenvalue weighted by molar-refractivity contribution is 0.644. The number of nitrogens with zero attached hydrogens (tertiary/aromatic N) is 4. The van der Waals surface area contributed by atoms with Crippen molar-refractivity contribution < 1.29 is 0 Å². The van der Waals surface area contributed by atoms with Gasteiger partial charge in [0.2, 0.25) is 0 Å². The molecule has 0 fully saturated rings. The minimum Gasteiger partial charge on any atom is -0.378 e. The van der Waals surface area contributed by atoms with E-state index in [9.17, 15) is 10.1 Å². The van der Waals surface area contributed by atoms with Crippen molar-refractivity contribution in [2.24, 2.45) is 0 Å². The van der Waals surface area contributed by atoms with Crippen LogP contribution in [0.4, 0.5) is 5.69 Å². The van der Waals surface area contributed by atoms with Gasteiger partial charge in [-0.25, -0.2) is 4.98 Å². The molecule has 6 heteroatoms. The molecular formula is C27H24N4OS. The van der Waals surface area contributed by atoms with E-state index < -0.39 is 0 Å². The van der Waals surface area contributed by atoms with Crippen LogP contribution in [0.15, 0.2) is 94.9 Å². The molecule has 33 heavy (non-hydrogen) atoms. The summed E-state index contributed by atoms with van der Waals surface area (Å²) in [6.07, 6.45) is 0. The van der Waals surface area contributed by atoms with Crippen molar-refractivity contribution in [2.75, 3.05) is 19.0 Å². The van der Waals surface area contributed by atoms with Gasteiger partial charge in [-0.3, -0.25) is 9.36 Å². The summed E-state index contributed by atoms with van der Waals surface area (Å²) in [4.78, 5) is 20.3. The van der Waals surface area contributed by atoms with Gasteiger partial charge in [-0.2, -0.15) is 5.26 Å². The highest BCUT2D eigenvalue weighted by Crippen LogP contribution is 2.27. The topological polar surface area (TPSA) is 61.9 Å². The highest BCUT2D eigenvalue weighted by atomic mass is 32.2. The van der Waals surface area contributed by atoms with Crippen molar-refractivity contribution in [2.45, 2.75) is 17.5 Å². The molecule has 0 atom stereocenters. The molecule has 0 aliphatic heterocycles. The second kappa shape index (κ2) is 10.2. The minimum atomic E-state index is -0.321. The molecule has 5 nitrogen and oxygen atoms in total. The molecule has 0 saturated carbocycles. The van der Waals surface area contributed by atoms with E-state index in [1.807, 2.05) is 91.8 Å². The van der Waals surface area contributed by atoms with Gasteiger partial charge in [0.15, 0.2) is 5.16 Å². The summed E-state index contributed by atoms with van der Waals surface area (Å²) < 4.78 is 1.61. The summed E-state index contributed by atoms with van der Waals surface area (Å²) in [5, 5.41) is 10.5. The highest BCUT2D eigenvalue weighted by molar-refractivity contribution is 7.98. The number of rotatable bonds is 7. The number of hydrogen-bond acceptors (Lipinski definition) is 5. The molecule has 0 bridgehead atoms. The van der Waals surface area contributed by atoms with Gasteiger partial charge in [0, 0.05) is 31.1 Å². The normalized spacial score (nSPS) is 10.6. The fraction of sp³-hybridized carbons (Fsp3) is 0.148. The quantitative estimate of drug-likeness (QED) is 0.285. The summed E-state index contributed by atoms with van der Waals surface area (Å²) in [6, 6.07) is 29.7. The van der Waals surface area contributed by atoms with Crippen LogP contribution in [0, 0.1) is 11.3 Å². The van der Waals surface area contributed by atoms with Gasteiger partial charge < -0.3 is 4.90 Å². The van der Waals surface area contributed by atoms with Crippen LogP contribution in [0.25, 0.3) is 11.3 Å². The van der Waals surface area contributed by atoms with Crippen LogP contribution in [0.2, 0.25) is 0 Å². The van der Waals surface area contributed by atoms with E-state index in [1.54, 1.807) is 4.57 Å². The first-order valence-corrected chi connectivity index (χ1v) is 11.6. The Hall–Kier alpha value is -3.82. The maximum absolute atomic E-state index is 13.5. The third kappa shape index (κ3) is 5.16. The average Bonchev–Trinajstić information content (AvgIpc) is 2.85. The van der Waals surface area contributed by atoms with E-state index in [0.29, 0.717) is 23.1 Å². The largest absolute Gasteiger partial charge is 0.378 e. The smallest absolute Gasteiger partial charge is 0.273 e. The monoisotopic (exact) mass is 452 g/mol. The SMILES string of the molecule is CN(C)c1ccc(-c2nc(SCc3ccccc3)n(Cc3ccccc3)c(=O)c2C#N)cc1. The van der Waals surface area contributed by atoms with Crippen LogP contribution in [-0.4, -0.2) is 23.6 Å². The first-order chi connectivity index (χ1) is 16.1.